The normalized spacial score (nSPS) is 17.1. The average Bonchev–Trinajstić information content (AvgIpc) is 2.25. The largest absolute Gasteiger partial charge is 0.381 e. The van der Waals surface area contributed by atoms with Crippen molar-refractivity contribution < 1.29 is 9.53 Å². The third kappa shape index (κ3) is 5.42. The highest BCUT2D eigenvalue weighted by molar-refractivity contribution is 7.99. The minimum atomic E-state index is 0.249. The molecule has 0 aromatic heterocycles. The van der Waals surface area contributed by atoms with Crippen molar-refractivity contribution in [1.82, 2.24) is 4.90 Å². The topological polar surface area (TPSA) is 29.5 Å². The molecule has 0 saturated carbocycles. The molecule has 15 heavy (non-hydrogen) atoms. The second kappa shape index (κ2) is 7.12. The summed E-state index contributed by atoms with van der Waals surface area (Å²) in [5.74, 6) is 2.96. The molecule has 0 spiro atoms. The lowest BCUT2D eigenvalue weighted by Crippen LogP contribution is -2.38. The molecule has 0 N–H and O–H groups in total. The van der Waals surface area contributed by atoms with Gasteiger partial charge in [0, 0.05) is 31.2 Å². The van der Waals surface area contributed by atoms with Gasteiger partial charge in [0.2, 0.25) is 5.91 Å². The van der Waals surface area contributed by atoms with E-state index in [1.54, 1.807) is 0 Å². The Hall–Kier alpha value is -0.220. The number of rotatable bonds is 5. The van der Waals surface area contributed by atoms with Crippen LogP contribution >= 0.6 is 11.8 Å². The number of hydrogen-bond donors (Lipinski definition) is 0. The number of nitrogens with zero attached hydrogens (tertiary/aromatic N) is 1. The van der Waals surface area contributed by atoms with Gasteiger partial charge in [0.1, 0.15) is 0 Å². The predicted molar refractivity (Wildman–Crippen MR) is 64.2 cm³/mol. The molecule has 3 nitrogen and oxygen atoms in total. The molecular weight excluding hydrogens is 210 g/mol. The summed E-state index contributed by atoms with van der Waals surface area (Å²) in [6, 6.07) is 0. The third-order valence-corrected chi connectivity index (χ3v) is 3.22. The van der Waals surface area contributed by atoms with Crippen molar-refractivity contribution in [2.24, 2.45) is 5.92 Å². The highest BCUT2D eigenvalue weighted by atomic mass is 32.2. The van der Waals surface area contributed by atoms with E-state index < -0.39 is 0 Å². The molecule has 1 aliphatic heterocycles. The van der Waals surface area contributed by atoms with Crippen LogP contribution < -0.4 is 0 Å². The Kier molecular flexibility index (Phi) is 6.10. The molecule has 0 aromatic rings. The molecule has 0 bridgehead atoms. The molecule has 0 radical (unpaired) electrons. The predicted octanol–water partition coefficient (Wildman–Crippen LogP) is 1.62. The van der Waals surface area contributed by atoms with Crippen LogP contribution in [0.5, 0.6) is 0 Å². The van der Waals surface area contributed by atoms with Crippen molar-refractivity contribution in [3.8, 4) is 0 Å². The maximum Gasteiger partial charge on any atom is 0.224 e. The number of carbonyl (C=O) groups excluding carboxylic acids is 1. The van der Waals surface area contributed by atoms with Crippen LogP contribution in [0.4, 0.5) is 0 Å². The number of hydrogen-bond acceptors (Lipinski definition) is 3. The Morgan fingerprint density at radius 2 is 2.07 bits per heavy atom. The van der Waals surface area contributed by atoms with Gasteiger partial charge in [-0.05, 0) is 5.92 Å². The van der Waals surface area contributed by atoms with Gasteiger partial charge in [0.05, 0.1) is 13.0 Å². The summed E-state index contributed by atoms with van der Waals surface area (Å²) >= 11 is 1.92. The maximum atomic E-state index is 11.7. The van der Waals surface area contributed by atoms with Crippen LogP contribution in [0.25, 0.3) is 0 Å². The van der Waals surface area contributed by atoms with Crippen molar-refractivity contribution >= 4 is 17.7 Å². The Bertz CT molecular complexity index is 191. The Morgan fingerprint density at radius 3 is 2.67 bits per heavy atom. The minimum Gasteiger partial charge on any atom is -0.381 e. The number of ether oxygens (including phenoxy) is 1. The van der Waals surface area contributed by atoms with E-state index in [1.807, 2.05) is 16.7 Å². The zero-order valence-electron chi connectivity index (χ0n) is 9.70. The summed E-state index contributed by atoms with van der Waals surface area (Å²) < 4.78 is 5.40. The van der Waals surface area contributed by atoms with Crippen LogP contribution in [-0.2, 0) is 9.53 Å². The van der Waals surface area contributed by atoms with Gasteiger partial charge < -0.3 is 9.64 Å². The second-order valence-corrected chi connectivity index (χ2v) is 5.44. The van der Waals surface area contributed by atoms with Crippen LogP contribution in [0.3, 0.4) is 0 Å². The standard InChI is InChI=1S/C11H21NO2S/c1-10(2)9-14-6-3-11(13)12-4-7-15-8-5-12/h10H,3-9H2,1-2H3. The lowest BCUT2D eigenvalue weighted by Gasteiger charge is -2.26. The summed E-state index contributed by atoms with van der Waals surface area (Å²) in [5.41, 5.74) is 0. The van der Waals surface area contributed by atoms with Crippen molar-refractivity contribution in [2.75, 3.05) is 37.8 Å². The molecule has 1 fully saturated rings. The first-order valence-corrected chi connectivity index (χ1v) is 6.79. The molecule has 1 heterocycles. The van der Waals surface area contributed by atoms with Crippen LogP contribution in [0.1, 0.15) is 20.3 Å². The zero-order chi connectivity index (χ0) is 11.1. The molecule has 0 aliphatic carbocycles. The van der Waals surface area contributed by atoms with E-state index in [0.717, 1.165) is 31.2 Å². The summed E-state index contributed by atoms with van der Waals surface area (Å²) in [6.07, 6.45) is 0.539. The van der Waals surface area contributed by atoms with Crippen molar-refractivity contribution in [3.63, 3.8) is 0 Å². The van der Waals surface area contributed by atoms with E-state index in [2.05, 4.69) is 13.8 Å². The molecule has 1 amide bonds. The van der Waals surface area contributed by atoms with E-state index >= 15 is 0 Å². The fourth-order valence-electron chi connectivity index (χ4n) is 1.45. The van der Waals surface area contributed by atoms with E-state index in [0.29, 0.717) is 18.9 Å². The van der Waals surface area contributed by atoms with E-state index in [9.17, 15) is 4.79 Å². The number of amides is 1. The highest BCUT2D eigenvalue weighted by Gasteiger charge is 2.15. The summed E-state index contributed by atoms with van der Waals surface area (Å²) in [4.78, 5) is 13.6. The van der Waals surface area contributed by atoms with Crippen LogP contribution in [-0.4, -0.2) is 48.6 Å². The third-order valence-electron chi connectivity index (χ3n) is 2.28. The zero-order valence-corrected chi connectivity index (χ0v) is 10.5. The fraction of sp³-hybridized carbons (Fsp3) is 0.909. The summed E-state index contributed by atoms with van der Waals surface area (Å²) in [5, 5.41) is 0. The van der Waals surface area contributed by atoms with Crippen LogP contribution in [0.15, 0.2) is 0 Å². The maximum absolute atomic E-state index is 11.7. The fourth-order valence-corrected chi connectivity index (χ4v) is 2.35. The Labute approximate surface area is 96.5 Å². The first kappa shape index (κ1) is 12.8. The second-order valence-electron chi connectivity index (χ2n) is 4.21. The Morgan fingerprint density at radius 1 is 1.40 bits per heavy atom. The smallest absolute Gasteiger partial charge is 0.224 e. The molecule has 0 aromatic carbocycles. The quantitative estimate of drug-likeness (QED) is 0.673. The molecule has 1 saturated heterocycles. The first-order chi connectivity index (χ1) is 7.20. The molecular formula is C11H21NO2S. The lowest BCUT2D eigenvalue weighted by atomic mass is 10.2. The van der Waals surface area contributed by atoms with E-state index in [1.165, 1.54) is 0 Å². The summed E-state index contributed by atoms with van der Waals surface area (Å²) in [6.45, 7) is 7.37. The van der Waals surface area contributed by atoms with Gasteiger partial charge >= 0.3 is 0 Å². The van der Waals surface area contributed by atoms with Gasteiger partial charge in [0.15, 0.2) is 0 Å². The molecule has 0 atom stereocenters. The SMILES string of the molecule is CC(C)COCCC(=O)N1CCSCC1. The van der Waals surface area contributed by atoms with Gasteiger partial charge in [-0.3, -0.25) is 4.79 Å². The summed E-state index contributed by atoms with van der Waals surface area (Å²) in [7, 11) is 0. The van der Waals surface area contributed by atoms with Crippen molar-refractivity contribution in [2.45, 2.75) is 20.3 Å². The van der Waals surface area contributed by atoms with E-state index in [4.69, 9.17) is 4.74 Å². The van der Waals surface area contributed by atoms with Crippen LogP contribution in [0, 0.1) is 5.92 Å². The van der Waals surface area contributed by atoms with Gasteiger partial charge in [-0.2, -0.15) is 11.8 Å². The number of thioether (sulfide) groups is 1. The monoisotopic (exact) mass is 231 g/mol. The molecule has 1 aliphatic rings. The molecule has 1 rings (SSSR count). The Balaban J connectivity index is 2.07. The van der Waals surface area contributed by atoms with E-state index in [-0.39, 0.29) is 5.91 Å². The lowest BCUT2D eigenvalue weighted by molar-refractivity contribution is -0.132. The average molecular weight is 231 g/mol. The number of carbonyl (C=O) groups is 1. The van der Waals surface area contributed by atoms with Gasteiger partial charge in [0.25, 0.3) is 0 Å². The highest BCUT2D eigenvalue weighted by Crippen LogP contribution is 2.10. The van der Waals surface area contributed by atoms with Gasteiger partial charge in [-0.25, -0.2) is 0 Å². The van der Waals surface area contributed by atoms with Crippen molar-refractivity contribution in [1.29, 1.82) is 0 Å². The van der Waals surface area contributed by atoms with Gasteiger partial charge in [-0.15, -0.1) is 0 Å². The van der Waals surface area contributed by atoms with Gasteiger partial charge in [-0.1, -0.05) is 13.8 Å². The molecule has 0 unspecified atom stereocenters. The minimum absolute atomic E-state index is 0.249. The molecule has 4 heteroatoms. The first-order valence-electron chi connectivity index (χ1n) is 5.63. The molecule has 88 valence electrons. The van der Waals surface area contributed by atoms with Crippen LogP contribution in [0.2, 0.25) is 0 Å². The van der Waals surface area contributed by atoms with Crippen molar-refractivity contribution in [3.05, 3.63) is 0 Å².